The summed E-state index contributed by atoms with van der Waals surface area (Å²) in [5.41, 5.74) is 0. The number of thioether (sulfide) groups is 1. The lowest BCUT2D eigenvalue weighted by molar-refractivity contribution is -0.117. The van der Waals surface area contributed by atoms with E-state index in [2.05, 4.69) is 32.6 Å². The van der Waals surface area contributed by atoms with Crippen LogP contribution in [0.2, 0.25) is 0 Å². The first-order chi connectivity index (χ1) is 11.6. The van der Waals surface area contributed by atoms with Crippen molar-refractivity contribution in [1.82, 2.24) is 30.2 Å². The Morgan fingerprint density at radius 3 is 3.00 bits per heavy atom. The average molecular weight is 348 g/mol. The lowest BCUT2D eigenvalue weighted by atomic mass is 9.86. The number of carbonyl (C=O) groups is 2. The number of fused-ring (bicyclic) bond motifs is 1. The summed E-state index contributed by atoms with van der Waals surface area (Å²) in [4.78, 5) is 32.1. The zero-order chi connectivity index (χ0) is 16.9. The van der Waals surface area contributed by atoms with Crippen molar-refractivity contribution < 1.29 is 9.59 Å². The maximum Gasteiger partial charge on any atom is 0.321 e. The number of hydrogen-bond acceptors (Lipinski definition) is 6. The van der Waals surface area contributed by atoms with E-state index < -0.39 is 6.03 Å². The van der Waals surface area contributed by atoms with Gasteiger partial charge in [-0.05, 0) is 24.8 Å². The van der Waals surface area contributed by atoms with E-state index in [0.29, 0.717) is 16.9 Å². The Morgan fingerprint density at radius 2 is 2.21 bits per heavy atom. The van der Waals surface area contributed by atoms with E-state index in [4.69, 9.17) is 0 Å². The van der Waals surface area contributed by atoms with Gasteiger partial charge in [-0.15, -0.1) is 5.10 Å². The zero-order valence-electron chi connectivity index (χ0n) is 13.4. The third-order valence-electron chi connectivity index (χ3n) is 4.11. The molecule has 0 spiro atoms. The van der Waals surface area contributed by atoms with E-state index >= 15 is 0 Å². The molecule has 2 aromatic heterocycles. The summed E-state index contributed by atoms with van der Waals surface area (Å²) < 4.78 is 1.54. The second-order valence-corrected chi connectivity index (χ2v) is 6.88. The van der Waals surface area contributed by atoms with Crippen molar-refractivity contribution in [3.05, 3.63) is 18.5 Å². The van der Waals surface area contributed by atoms with Gasteiger partial charge in [0.15, 0.2) is 0 Å². The monoisotopic (exact) mass is 348 g/mol. The Kier molecular flexibility index (Phi) is 5.29. The van der Waals surface area contributed by atoms with Gasteiger partial charge in [0, 0.05) is 18.4 Å². The highest BCUT2D eigenvalue weighted by Gasteiger charge is 2.23. The Bertz CT molecular complexity index is 701. The molecule has 8 nitrogen and oxygen atoms in total. The molecular weight excluding hydrogens is 328 g/mol. The van der Waals surface area contributed by atoms with Gasteiger partial charge in [-0.25, -0.2) is 14.3 Å². The topological polar surface area (TPSA) is 101 Å². The first-order valence-electron chi connectivity index (χ1n) is 8.02. The van der Waals surface area contributed by atoms with Gasteiger partial charge >= 0.3 is 6.03 Å². The third kappa shape index (κ3) is 4.22. The Morgan fingerprint density at radius 1 is 1.38 bits per heavy atom. The highest BCUT2D eigenvalue weighted by Crippen LogP contribution is 2.23. The van der Waals surface area contributed by atoms with Crippen LogP contribution < -0.4 is 10.6 Å². The summed E-state index contributed by atoms with van der Waals surface area (Å²) >= 11 is 1.17. The molecule has 0 bridgehead atoms. The molecule has 0 aromatic carbocycles. The maximum atomic E-state index is 11.9. The SMILES string of the molecule is C[C@H]1CCCC[C@@H]1NC(=O)NC(=O)CSc1nc2ncccn2n1. The minimum absolute atomic E-state index is 0.0739. The highest BCUT2D eigenvalue weighted by atomic mass is 32.2. The largest absolute Gasteiger partial charge is 0.335 e. The first-order valence-corrected chi connectivity index (χ1v) is 9.01. The lowest BCUT2D eigenvalue weighted by Gasteiger charge is -2.29. The number of carbonyl (C=O) groups excluding carboxylic acids is 2. The smallest absolute Gasteiger partial charge is 0.321 e. The van der Waals surface area contributed by atoms with E-state index in [0.717, 1.165) is 19.3 Å². The van der Waals surface area contributed by atoms with Gasteiger partial charge in [-0.2, -0.15) is 4.98 Å². The number of hydrogen-bond donors (Lipinski definition) is 2. The fourth-order valence-corrected chi connectivity index (χ4v) is 3.43. The number of imide groups is 1. The van der Waals surface area contributed by atoms with Crippen LogP contribution in [-0.2, 0) is 4.79 Å². The minimum Gasteiger partial charge on any atom is -0.335 e. The van der Waals surface area contributed by atoms with Crippen molar-refractivity contribution in [3.63, 3.8) is 0 Å². The van der Waals surface area contributed by atoms with Crippen LogP contribution in [0.5, 0.6) is 0 Å². The summed E-state index contributed by atoms with van der Waals surface area (Å²) in [6.07, 6.45) is 7.77. The molecule has 24 heavy (non-hydrogen) atoms. The quantitative estimate of drug-likeness (QED) is 0.814. The molecule has 1 aliphatic carbocycles. The third-order valence-corrected chi connectivity index (χ3v) is 4.95. The standard InChI is InChI=1S/C15H20N6O2S/c1-10-5-2-3-6-11(10)17-14(23)18-12(22)9-24-15-19-13-16-7-4-8-21(13)20-15/h4,7-8,10-11H,2-3,5-6,9H2,1H3,(H2,17,18,22,23)/t10-,11-/m0/s1. The number of amides is 3. The normalized spacial score (nSPS) is 20.7. The predicted octanol–water partition coefficient (Wildman–Crippen LogP) is 1.62. The van der Waals surface area contributed by atoms with Crippen LogP contribution in [0.25, 0.3) is 5.78 Å². The molecule has 2 atom stereocenters. The van der Waals surface area contributed by atoms with E-state index in [-0.39, 0.29) is 17.7 Å². The van der Waals surface area contributed by atoms with Crippen LogP contribution in [0.3, 0.4) is 0 Å². The molecule has 2 heterocycles. The zero-order valence-corrected chi connectivity index (χ0v) is 14.3. The van der Waals surface area contributed by atoms with Crippen molar-refractivity contribution in [2.45, 2.75) is 43.8 Å². The van der Waals surface area contributed by atoms with Crippen molar-refractivity contribution in [2.75, 3.05) is 5.75 Å². The fourth-order valence-electron chi connectivity index (χ4n) is 2.80. The molecule has 2 N–H and O–H groups in total. The average Bonchev–Trinajstić information content (AvgIpc) is 2.98. The summed E-state index contributed by atoms with van der Waals surface area (Å²) in [7, 11) is 0. The number of nitrogens with one attached hydrogen (secondary N) is 2. The number of aromatic nitrogens is 4. The molecule has 2 aromatic rings. The fraction of sp³-hybridized carbons (Fsp3) is 0.533. The van der Waals surface area contributed by atoms with Gasteiger partial charge in [-0.3, -0.25) is 10.1 Å². The van der Waals surface area contributed by atoms with E-state index in [1.54, 1.807) is 18.5 Å². The van der Waals surface area contributed by atoms with E-state index in [9.17, 15) is 9.59 Å². The van der Waals surface area contributed by atoms with Gasteiger partial charge < -0.3 is 5.32 Å². The minimum atomic E-state index is -0.427. The molecule has 0 unspecified atom stereocenters. The molecule has 0 radical (unpaired) electrons. The lowest BCUT2D eigenvalue weighted by Crippen LogP contribution is -2.48. The van der Waals surface area contributed by atoms with Gasteiger partial charge in [0.1, 0.15) is 0 Å². The Hall–Kier alpha value is -2.16. The van der Waals surface area contributed by atoms with Crippen LogP contribution in [0.15, 0.2) is 23.6 Å². The molecule has 3 amide bonds. The molecule has 1 fully saturated rings. The second-order valence-electron chi connectivity index (χ2n) is 5.94. The highest BCUT2D eigenvalue weighted by molar-refractivity contribution is 7.99. The van der Waals surface area contributed by atoms with Crippen LogP contribution in [0, 0.1) is 5.92 Å². The number of nitrogens with zero attached hydrogens (tertiary/aromatic N) is 4. The number of urea groups is 1. The van der Waals surface area contributed by atoms with E-state index in [1.807, 2.05) is 0 Å². The Balaban J connectivity index is 1.45. The predicted molar refractivity (Wildman–Crippen MR) is 89.6 cm³/mol. The second kappa shape index (κ2) is 7.61. The van der Waals surface area contributed by atoms with Crippen molar-refractivity contribution in [1.29, 1.82) is 0 Å². The van der Waals surface area contributed by atoms with Gasteiger partial charge in [0.25, 0.3) is 5.78 Å². The van der Waals surface area contributed by atoms with E-state index in [1.165, 1.54) is 22.7 Å². The van der Waals surface area contributed by atoms with Crippen molar-refractivity contribution in [2.24, 2.45) is 5.92 Å². The maximum absolute atomic E-state index is 11.9. The molecule has 128 valence electrons. The van der Waals surface area contributed by atoms with Crippen molar-refractivity contribution in [3.8, 4) is 0 Å². The molecule has 1 aliphatic rings. The van der Waals surface area contributed by atoms with Gasteiger partial charge in [0.05, 0.1) is 5.75 Å². The van der Waals surface area contributed by atoms with Crippen LogP contribution in [0.1, 0.15) is 32.6 Å². The molecule has 9 heteroatoms. The summed E-state index contributed by atoms with van der Waals surface area (Å²) in [6.45, 7) is 2.13. The van der Waals surface area contributed by atoms with Crippen LogP contribution in [-0.4, -0.2) is 43.3 Å². The van der Waals surface area contributed by atoms with Gasteiger partial charge in [-0.1, -0.05) is 31.5 Å². The van der Waals surface area contributed by atoms with Crippen LogP contribution >= 0.6 is 11.8 Å². The first kappa shape index (κ1) is 16.7. The summed E-state index contributed by atoms with van der Waals surface area (Å²) in [5, 5.41) is 9.90. The van der Waals surface area contributed by atoms with Gasteiger partial charge in [0.2, 0.25) is 11.1 Å². The molecule has 3 rings (SSSR count). The summed E-state index contributed by atoms with van der Waals surface area (Å²) in [5.74, 6) is 0.630. The molecule has 0 saturated heterocycles. The Labute approximate surface area is 143 Å². The summed E-state index contributed by atoms with van der Waals surface area (Å²) in [6, 6.07) is 1.47. The van der Waals surface area contributed by atoms with Crippen LogP contribution in [0.4, 0.5) is 4.79 Å². The number of rotatable bonds is 4. The molecule has 1 saturated carbocycles. The van der Waals surface area contributed by atoms with Crippen molar-refractivity contribution >= 4 is 29.5 Å². The molecule has 0 aliphatic heterocycles. The molecular formula is C15H20N6O2S.